The van der Waals surface area contributed by atoms with Crippen molar-refractivity contribution in [2.24, 2.45) is 16.6 Å². The van der Waals surface area contributed by atoms with Crippen LogP contribution in [-0.4, -0.2) is 41.2 Å². The van der Waals surface area contributed by atoms with Crippen molar-refractivity contribution in [3.8, 4) is 0 Å². The molecule has 0 bridgehead atoms. The summed E-state index contributed by atoms with van der Waals surface area (Å²) in [6.45, 7) is 1.87. The van der Waals surface area contributed by atoms with E-state index in [0.717, 1.165) is 12.1 Å². The summed E-state index contributed by atoms with van der Waals surface area (Å²) >= 11 is 0. The lowest BCUT2D eigenvalue weighted by atomic mass is 9.85. The van der Waals surface area contributed by atoms with Crippen LogP contribution in [0.2, 0.25) is 0 Å². The first-order valence-corrected chi connectivity index (χ1v) is 9.61. The summed E-state index contributed by atoms with van der Waals surface area (Å²) < 4.78 is 31.4. The molecule has 8 heteroatoms. The number of benzene rings is 1. The lowest BCUT2D eigenvalue weighted by Crippen LogP contribution is -2.37. The molecule has 1 aromatic rings. The van der Waals surface area contributed by atoms with Crippen LogP contribution in [0.4, 0.5) is 0 Å². The van der Waals surface area contributed by atoms with Crippen LogP contribution in [0.1, 0.15) is 24.8 Å². The lowest BCUT2D eigenvalue weighted by molar-refractivity contribution is 0.204. The Labute approximate surface area is 143 Å². The Kier molecular flexibility index (Phi) is 7.01. The summed E-state index contributed by atoms with van der Waals surface area (Å²) in [6, 6.07) is 6.62. The van der Waals surface area contributed by atoms with E-state index in [0.29, 0.717) is 25.0 Å². The molecule has 134 valence electrons. The number of aliphatic imine (C=N–C) groups is 1. The molecule has 24 heavy (non-hydrogen) atoms. The van der Waals surface area contributed by atoms with Gasteiger partial charge in [-0.05, 0) is 36.5 Å². The quantitative estimate of drug-likeness (QED) is 0.346. The highest BCUT2D eigenvalue weighted by Crippen LogP contribution is 2.24. The minimum atomic E-state index is -3.50. The van der Waals surface area contributed by atoms with Crippen molar-refractivity contribution < 1.29 is 13.2 Å². The first kappa shape index (κ1) is 18.7. The van der Waals surface area contributed by atoms with Crippen molar-refractivity contribution in [1.82, 2.24) is 10.0 Å². The second-order valence-corrected chi connectivity index (χ2v) is 7.68. The summed E-state index contributed by atoms with van der Waals surface area (Å²) in [5.41, 5.74) is 6.74. The third-order valence-corrected chi connectivity index (χ3v) is 5.54. The first-order chi connectivity index (χ1) is 11.5. The van der Waals surface area contributed by atoms with E-state index in [1.165, 1.54) is 26.4 Å². The predicted octanol–water partition coefficient (Wildman–Crippen LogP) is 0.816. The number of hydrogen-bond donors (Lipinski definition) is 3. The maximum atomic E-state index is 12.0. The fourth-order valence-electron chi connectivity index (χ4n) is 2.31. The van der Waals surface area contributed by atoms with E-state index in [1.54, 1.807) is 24.3 Å². The molecular weight excluding hydrogens is 328 g/mol. The van der Waals surface area contributed by atoms with Crippen molar-refractivity contribution in [2.45, 2.75) is 30.7 Å². The standard InChI is InChI=1S/C16H26N4O3S/c1-23-10-9-20-24(21,22)15-7-5-14(6-8-15)12-19-16(17)18-11-13-3-2-4-13/h5-8,13,20H,2-4,9-12H2,1H3,(H3,17,18,19). The molecule has 0 aromatic heterocycles. The van der Waals surface area contributed by atoms with Gasteiger partial charge in [-0.1, -0.05) is 18.6 Å². The molecule has 0 spiro atoms. The van der Waals surface area contributed by atoms with Gasteiger partial charge in [-0.2, -0.15) is 0 Å². The van der Waals surface area contributed by atoms with Crippen molar-refractivity contribution in [2.75, 3.05) is 26.8 Å². The highest BCUT2D eigenvalue weighted by Gasteiger charge is 2.16. The largest absolute Gasteiger partial charge is 0.383 e. The molecule has 0 atom stereocenters. The van der Waals surface area contributed by atoms with Gasteiger partial charge in [0.1, 0.15) is 0 Å². The number of ether oxygens (including phenoxy) is 1. The molecule has 0 aliphatic heterocycles. The molecule has 1 aliphatic carbocycles. The molecule has 7 nitrogen and oxygen atoms in total. The van der Waals surface area contributed by atoms with Crippen LogP contribution in [-0.2, 0) is 21.3 Å². The molecule has 2 rings (SSSR count). The Morgan fingerprint density at radius 1 is 1.33 bits per heavy atom. The van der Waals surface area contributed by atoms with E-state index in [1.807, 2.05) is 0 Å². The van der Waals surface area contributed by atoms with Crippen LogP contribution < -0.4 is 15.8 Å². The molecule has 4 N–H and O–H groups in total. The molecule has 0 amide bonds. The molecular formula is C16H26N4O3S. The Morgan fingerprint density at radius 3 is 2.62 bits per heavy atom. The lowest BCUT2D eigenvalue weighted by Gasteiger charge is -2.25. The van der Waals surface area contributed by atoms with Crippen LogP contribution in [0, 0.1) is 5.92 Å². The van der Waals surface area contributed by atoms with Crippen molar-refractivity contribution in [1.29, 1.82) is 0 Å². The number of nitrogens with zero attached hydrogens (tertiary/aromatic N) is 1. The van der Waals surface area contributed by atoms with Crippen LogP contribution >= 0.6 is 0 Å². The normalized spacial score (nSPS) is 16.0. The summed E-state index contributed by atoms with van der Waals surface area (Å²) in [5.74, 6) is 1.15. The summed E-state index contributed by atoms with van der Waals surface area (Å²) in [7, 11) is -1.97. The zero-order chi connectivity index (χ0) is 17.4. The monoisotopic (exact) mass is 354 g/mol. The minimum absolute atomic E-state index is 0.224. The van der Waals surface area contributed by atoms with E-state index >= 15 is 0 Å². The van der Waals surface area contributed by atoms with E-state index in [-0.39, 0.29) is 11.4 Å². The van der Waals surface area contributed by atoms with Crippen LogP contribution in [0.5, 0.6) is 0 Å². The molecule has 0 saturated heterocycles. The topological polar surface area (TPSA) is 106 Å². The Hall–Kier alpha value is -1.64. The van der Waals surface area contributed by atoms with Gasteiger partial charge in [0.15, 0.2) is 5.96 Å². The zero-order valence-electron chi connectivity index (χ0n) is 14.0. The molecule has 1 aliphatic rings. The van der Waals surface area contributed by atoms with Gasteiger partial charge in [0, 0.05) is 20.2 Å². The number of methoxy groups -OCH3 is 1. The third kappa shape index (κ3) is 5.77. The van der Waals surface area contributed by atoms with Crippen molar-refractivity contribution >= 4 is 16.0 Å². The molecule has 0 heterocycles. The number of sulfonamides is 1. The summed E-state index contributed by atoms with van der Waals surface area (Å²) in [6.07, 6.45) is 3.82. The van der Waals surface area contributed by atoms with Crippen molar-refractivity contribution in [3.63, 3.8) is 0 Å². The van der Waals surface area contributed by atoms with Crippen LogP contribution in [0.3, 0.4) is 0 Å². The van der Waals surface area contributed by atoms with Gasteiger partial charge in [0.2, 0.25) is 10.0 Å². The number of hydrogen-bond acceptors (Lipinski definition) is 4. The predicted molar refractivity (Wildman–Crippen MR) is 94.2 cm³/mol. The Morgan fingerprint density at radius 2 is 2.04 bits per heavy atom. The number of nitrogens with one attached hydrogen (secondary N) is 2. The number of nitrogens with two attached hydrogens (primary N) is 1. The summed E-state index contributed by atoms with van der Waals surface area (Å²) in [5, 5.41) is 3.13. The van der Waals surface area contributed by atoms with E-state index < -0.39 is 10.0 Å². The number of rotatable bonds is 9. The first-order valence-electron chi connectivity index (χ1n) is 8.12. The van der Waals surface area contributed by atoms with Gasteiger partial charge in [-0.15, -0.1) is 0 Å². The fourth-order valence-corrected chi connectivity index (χ4v) is 3.33. The van der Waals surface area contributed by atoms with E-state index in [4.69, 9.17) is 10.5 Å². The molecule has 1 fully saturated rings. The second kappa shape index (κ2) is 9.00. The van der Waals surface area contributed by atoms with Gasteiger partial charge in [0.05, 0.1) is 18.0 Å². The zero-order valence-corrected chi connectivity index (χ0v) is 14.8. The number of guanidine groups is 1. The smallest absolute Gasteiger partial charge is 0.240 e. The average molecular weight is 354 g/mol. The maximum Gasteiger partial charge on any atom is 0.240 e. The Bertz CT molecular complexity index is 640. The molecule has 0 unspecified atom stereocenters. The molecule has 1 aromatic carbocycles. The van der Waals surface area contributed by atoms with Gasteiger partial charge < -0.3 is 15.8 Å². The minimum Gasteiger partial charge on any atom is -0.383 e. The highest BCUT2D eigenvalue weighted by molar-refractivity contribution is 7.89. The second-order valence-electron chi connectivity index (χ2n) is 5.91. The van der Waals surface area contributed by atoms with Crippen LogP contribution in [0.15, 0.2) is 34.2 Å². The Balaban J connectivity index is 1.84. The average Bonchev–Trinajstić information content (AvgIpc) is 2.52. The van der Waals surface area contributed by atoms with Crippen molar-refractivity contribution in [3.05, 3.63) is 29.8 Å². The molecule has 0 radical (unpaired) electrons. The fraction of sp³-hybridized carbons (Fsp3) is 0.562. The van der Waals surface area contributed by atoms with Gasteiger partial charge >= 0.3 is 0 Å². The van der Waals surface area contributed by atoms with Gasteiger partial charge in [-0.3, -0.25) is 0 Å². The van der Waals surface area contributed by atoms with E-state index in [9.17, 15) is 8.42 Å². The van der Waals surface area contributed by atoms with E-state index in [2.05, 4.69) is 15.0 Å². The molecule has 1 saturated carbocycles. The SMILES string of the molecule is COCCNS(=O)(=O)c1ccc(CN=C(N)NCC2CCC2)cc1. The van der Waals surface area contributed by atoms with Gasteiger partial charge in [-0.25, -0.2) is 18.1 Å². The van der Waals surface area contributed by atoms with Gasteiger partial charge in [0.25, 0.3) is 0 Å². The maximum absolute atomic E-state index is 12.0. The summed E-state index contributed by atoms with van der Waals surface area (Å²) in [4.78, 5) is 4.50. The van der Waals surface area contributed by atoms with Crippen LogP contribution in [0.25, 0.3) is 0 Å². The highest BCUT2D eigenvalue weighted by atomic mass is 32.2. The third-order valence-electron chi connectivity index (χ3n) is 4.06.